The molecule has 1 nitrogen and oxygen atoms in total. The lowest BCUT2D eigenvalue weighted by molar-refractivity contribution is 0.499. The first kappa shape index (κ1) is 24.3. The molecule has 0 unspecified atom stereocenters. The maximum absolute atomic E-state index is 7.01. The Labute approximate surface area is 171 Å². The summed E-state index contributed by atoms with van der Waals surface area (Å²) < 4.78 is 7.01. The summed E-state index contributed by atoms with van der Waals surface area (Å²) in [5.41, 5.74) is 1.31. The molecule has 1 rings (SSSR count). The van der Waals surface area contributed by atoms with E-state index in [-0.39, 0.29) is 0 Å². The van der Waals surface area contributed by atoms with Gasteiger partial charge in [0.2, 0.25) is 0 Å². The molecule has 0 bridgehead atoms. The normalized spacial score (nSPS) is 11.7. The molecule has 0 aromatic heterocycles. The van der Waals surface area contributed by atoms with Gasteiger partial charge in [0.25, 0.3) is 8.32 Å². The molecular weight excluding hydrogens is 344 g/mol. The lowest BCUT2D eigenvalue weighted by Crippen LogP contribution is -2.41. The summed E-state index contributed by atoms with van der Waals surface area (Å²) in [6.07, 6.45) is 16.3. The second-order valence-electron chi connectivity index (χ2n) is 8.48. The molecule has 0 radical (unpaired) electrons. The first-order valence-electron chi connectivity index (χ1n) is 11.9. The van der Waals surface area contributed by atoms with Crippen LogP contribution in [0, 0.1) is 6.92 Å². The SMILES string of the molecule is CCCCCC[Si](CCCCCC)(CCCCCC)Oc1ccccc1C. The Kier molecular flexibility index (Phi) is 13.7. The van der Waals surface area contributed by atoms with Crippen LogP contribution >= 0.6 is 0 Å². The van der Waals surface area contributed by atoms with E-state index in [0.717, 1.165) is 0 Å². The lowest BCUT2D eigenvalue weighted by Gasteiger charge is -2.33. The molecule has 0 aliphatic heterocycles. The van der Waals surface area contributed by atoms with Crippen molar-refractivity contribution >= 4 is 8.32 Å². The minimum Gasteiger partial charge on any atom is -0.543 e. The Balaban J connectivity index is 2.86. The summed E-state index contributed by atoms with van der Waals surface area (Å²) in [7, 11) is -1.72. The average molecular weight is 391 g/mol. The summed E-state index contributed by atoms with van der Waals surface area (Å²) in [6, 6.07) is 12.8. The topological polar surface area (TPSA) is 9.23 Å². The maximum Gasteiger partial charge on any atom is 0.251 e. The first-order chi connectivity index (χ1) is 13.2. The average Bonchev–Trinajstić information content (AvgIpc) is 2.68. The fourth-order valence-corrected chi connectivity index (χ4v) is 8.49. The van der Waals surface area contributed by atoms with E-state index in [0.29, 0.717) is 0 Å². The van der Waals surface area contributed by atoms with Crippen molar-refractivity contribution in [1.82, 2.24) is 0 Å². The smallest absolute Gasteiger partial charge is 0.251 e. The van der Waals surface area contributed by atoms with Crippen LogP contribution in [0.3, 0.4) is 0 Å². The van der Waals surface area contributed by atoms with Crippen molar-refractivity contribution in [2.75, 3.05) is 0 Å². The van der Waals surface area contributed by atoms with Crippen molar-refractivity contribution in [3.8, 4) is 5.75 Å². The Morgan fingerprint density at radius 2 is 1.07 bits per heavy atom. The molecule has 27 heavy (non-hydrogen) atoms. The van der Waals surface area contributed by atoms with Gasteiger partial charge in [0.1, 0.15) is 5.75 Å². The zero-order valence-electron chi connectivity index (χ0n) is 18.8. The van der Waals surface area contributed by atoms with Crippen molar-refractivity contribution in [3.05, 3.63) is 29.8 Å². The fourth-order valence-electron chi connectivity index (χ4n) is 4.05. The summed E-state index contributed by atoms with van der Waals surface area (Å²) in [5.74, 6) is 1.17. The van der Waals surface area contributed by atoms with Crippen LogP contribution in [-0.2, 0) is 0 Å². The highest BCUT2D eigenvalue weighted by Crippen LogP contribution is 2.33. The van der Waals surface area contributed by atoms with Crippen LogP contribution in [0.1, 0.15) is 103 Å². The van der Waals surface area contributed by atoms with Crippen LogP contribution in [0.2, 0.25) is 18.1 Å². The van der Waals surface area contributed by atoms with Crippen LogP contribution in [0.4, 0.5) is 0 Å². The van der Waals surface area contributed by atoms with E-state index in [2.05, 4.69) is 52.0 Å². The first-order valence-corrected chi connectivity index (χ1v) is 14.4. The molecule has 0 saturated heterocycles. The predicted octanol–water partition coefficient (Wildman–Crippen LogP) is 9.06. The van der Waals surface area contributed by atoms with Gasteiger partial charge in [-0.15, -0.1) is 0 Å². The van der Waals surface area contributed by atoms with Crippen LogP contribution in [0.5, 0.6) is 5.75 Å². The quantitative estimate of drug-likeness (QED) is 0.190. The lowest BCUT2D eigenvalue weighted by atomic mass is 10.2. The molecule has 0 saturated carbocycles. The second kappa shape index (κ2) is 15.2. The molecule has 0 fully saturated rings. The van der Waals surface area contributed by atoms with E-state index >= 15 is 0 Å². The third-order valence-electron chi connectivity index (χ3n) is 5.88. The zero-order valence-corrected chi connectivity index (χ0v) is 19.8. The van der Waals surface area contributed by atoms with E-state index in [9.17, 15) is 0 Å². The molecular formula is C25H46OSi. The summed E-state index contributed by atoms with van der Waals surface area (Å²) >= 11 is 0. The number of hydrogen-bond acceptors (Lipinski definition) is 1. The Morgan fingerprint density at radius 3 is 1.48 bits per heavy atom. The number of benzene rings is 1. The van der Waals surface area contributed by atoms with E-state index in [4.69, 9.17) is 4.43 Å². The van der Waals surface area contributed by atoms with Gasteiger partial charge in [-0.1, -0.05) is 116 Å². The van der Waals surface area contributed by atoms with Gasteiger partial charge in [-0.05, 0) is 36.7 Å². The van der Waals surface area contributed by atoms with Gasteiger partial charge < -0.3 is 4.43 Å². The molecule has 0 atom stereocenters. The zero-order chi connectivity index (χ0) is 19.8. The van der Waals surface area contributed by atoms with Crippen molar-refractivity contribution in [1.29, 1.82) is 0 Å². The Hall–Kier alpha value is -0.763. The van der Waals surface area contributed by atoms with Crippen LogP contribution < -0.4 is 4.43 Å². The van der Waals surface area contributed by atoms with Gasteiger partial charge in [-0.2, -0.15) is 0 Å². The Bertz CT molecular complexity index is 440. The molecule has 0 spiro atoms. The van der Waals surface area contributed by atoms with Gasteiger partial charge in [-0.3, -0.25) is 0 Å². The molecule has 1 aromatic rings. The standard InChI is InChI=1S/C25H46OSi/c1-5-8-11-16-21-27(22-17-12-9-6-2,23-18-13-10-7-3)26-25-20-15-14-19-24(25)4/h14-15,19-20H,5-13,16-18,21-23H2,1-4H3. The third kappa shape index (κ3) is 10.4. The molecule has 0 aliphatic rings. The van der Waals surface area contributed by atoms with Crippen molar-refractivity contribution in [3.63, 3.8) is 0 Å². The van der Waals surface area contributed by atoms with E-state index in [1.807, 2.05) is 0 Å². The van der Waals surface area contributed by atoms with Crippen molar-refractivity contribution in [2.24, 2.45) is 0 Å². The second-order valence-corrected chi connectivity index (χ2v) is 12.6. The van der Waals surface area contributed by atoms with Gasteiger partial charge in [-0.25, -0.2) is 0 Å². The number of hydrogen-bond donors (Lipinski definition) is 0. The highest BCUT2D eigenvalue weighted by Gasteiger charge is 2.35. The molecule has 0 aliphatic carbocycles. The number of rotatable bonds is 17. The largest absolute Gasteiger partial charge is 0.543 e. The van der Waals surface area contributed by atoms with E-state index in [1.165, 1.54) is 106 Å². The molecule has 0 N–H and O–H groups in total. The highest BCUT2D eigenvalue weighted by molar-refractivity contribution is 6.74. The molecule has 0 amide bonds. The van der Waals surface area contributed by atoms with Crippen LogP contribution in [-0.4, -0.2) is 8.32 Å². The highest BCUT2D eigenvalue weighted by atomic mass is 28.4. The fraction of sp³-hybridized carbons (Fsp3) is 0.760. The Morgan fingerprint density at radius 1 is 0.630 bits per heavy atom. The summed E-state index contributed by atoms with van der Waals surface area (Å²) in [6.45, 7) is 9.14. The monoisotopic (exact) mass is 390 g/mol. The minimum absolute atomic E-state index is 1.17. The molecule has 2 heteroatoms. The molecule has 0 heterocycles. The number of unbranched alkanes of at least 4 members (excludes halogenated alkanes) is 9. The van der Waals surface area contributed by atoms with E-state index in [1.54, 1.807) is 0 Å². The third-order valence-corrected chi connectivity index (χ3v) is 10.3. The van der Waals surface area contributed by atoms with E-state index < -0.39 is 8.32 Å². The van der Waals surface area contributed by atoms with Crippen LogP contribution in [0.25, 0.3) is 0 Å². The minimum atomic E-state index is -1.72. The van der Waals surface area contributed by atoms with Gasteiger partial charge in [0.05, 0.1) is 0 Å². The predicted molar refractivity (Wildman–Crippen MR) is 124 cm³/mol. The van der Waals surface area contributed by atoms with Gasteiger partial charge in [0, 0.05) is 0 Å². The molecule has 156 valence electrons. The van der Waals surface area contributed by atoms with Gasteiger partial charge >= 0.3 is 0 Å². The van der Waals surface area contributed by atoms with Crippen molar-refractivity contribution in [2.45, 2.75) is 123 Å². The van der Waals surface area contributed by atoms with Gasteiger partial charge in [0.15, 0.2) is 0 Å². The number of aryl methyl sites for hydroxylation is 1. The number of para-hydroxylation sites is 1. The van der Waals surface area contributed by atoms with Crippen molar-refractivity contribution < 1.29 is 4.43 Å². The van der Waals surface area contributed by atoms with Crippen LogP contribution in [0.15, 0.2) is 24.3 Å². The summed E-state index contributed by atoms with van der Waals surface area (Å²) in [4.78, 5) is 0. The molecule has 1 aromatic carbocycles. The summed E-state index contributed by atoms with van der Waals surface area (Å²) in [5, 5.41) is 0. The maximum atomic E-state index is 7.01.